The maximum absolute atomic E-state index is 12.1. The van der Waals surface area contributed by atoms with Crippen LogP contribution in [0.4, 0.5) is 4.79 Å². The normalized spacial score (nSPS) is 20.3. The lowest BCUT2D eigenvalue weighted by molar-refractivity contribution is 0.00440. The first-order valence-corrected chi connectivity index (χ1v) is 8.35. The van der Waals surface area contributed by atoms with Crippen LogP contribution in [0.2, 0.25) is 0 Å². The van der Waals surface area contributed by atoms with Crippen molar-refractivity contribution in [2.75, 3.05) is 19.6 Å². The summed E-state index contributed by atoms with van der Waals surface area (Å²) in [5, 5.41) is 4.46. The van der Waals surface area contributed by atoms with Gasteiger partial charge in [-0.05, 0) is 43.6 Å². The number of amides is 1. The Hall–Kier alpha value is -1.08. The molecule has 0 saturated carbocycles. The molecule has 7 heteroatoms. The fraction of sp³-hybridized carbons (Fsp3) is 0.733. The van der Waals surface area contributed by atoms with Crippen LogP contribution in [0.25, 0.3) is 0 Å². The second kappa shape index (κ2) is 6.58. The molecule has 1 aliphatic rings. The summed E-state index contributed by atoms with van der Waals surface area (Å²) in [4.78, 5) is 16.3. The van der Waals surface area contributed by atoms with Gasteiger partial charge in [-0.3, -0.25) is 9.58 Å². The van der Waals surface area contributed by atoms with Crippen molar-refractivity contribution in [3.8, 4) is 0 Å². The predicted molar refractivity (Wildman–Crippen MR) is 88.6 cm³/mol. The van der Waals surface area contributed by atoms with Gasteiger partial charge in [-0.15, -0.1) is 0 Å². The smallest absolute Gasteiger partial charge is 0.410 e. The lowest BCUT2D eigenvalue weighted by Crippen LogP contribution is -2.54. The summed E-state index contributed by atoms with van der Waals surface area (Å²) in [5.41, 5.74) is 0.580. The van der Waals surface area contributed by atoms with Crippen molar-refractivity contribution >= 4 is 22.0 Å². The molecule has 1 aliphatic heterocycles. The van der Waals surface area contributed by atoms with Crippen molar-refractivity contribution in [3.05, 3.63) is 16.4 Å². The van der Waals surface area contributed by atoms with Gasteiger partial charge < -0.3 is 9.64 Å². The number of ether oxygens (including phenoxy) is 1. The highest BCUT2D eigenvalue weighted by Crippen LogP contribution is 2.20. The van der Waals surface area contributed by atoms with E-state index in [2.05, 4.69) is 32.9 Å². The SMILES string of the molecule is C[C@H]1CN(C(=O)OC(C)(C)C)CCN1Cc1nn(C)cc1Br. The first-order chi connectivity index (χ1) is 10.2. The fourth-order valence-corrected chi connectivity index (χ4v) is 3.03. The zero-order valence-corrected chi connectivity index (χ0v) is 15.6. The molecular formula is C15H25BrN4O2. The highest BCUT2D eigenvalue weighted by Gasteiger charge is 2.30. The van der Waals surface area contributed by atoms with Crippen LogP contribution < -0.4 is 0 Å². The number of hydrogen-bond donors (Lipinski definition) is 0. The van der Waals surface area contributed by atoms with Gasteiger partial charge in [0.25, 0.3) is 0 Å². The molecule has 1 atom stereocenters. The molecule has 2 rings (SSSR count). The Morgan fingerprint density at radius 3 is 2.64 bits per heavy atom. The molecule has 1 amide bonds. The van der Waals surface area contributed by atoms with E-state index in [4.69, 9.17) is 4.74 Å². The summed E-state index contributed by atoms with van der Waals surface area (Å²) in [6.07, 6.45) is 1.73. The van der Waals surface area contributed by atoms with Crippen molar-refractivity contribution in [2.45, 2.75) is 45.9 Å². The number of nitrogens with zero attached hydrogens (tertiary/aromatic N) is 4. The number of piperazine rings is 1. The fourth-order valence-electron chi connectivity index (χ4n) is 2.53. The van der Waals surface area contributed by atoms with Gasteiger partial charge in [0.05, 0.1) is 10.2 Å². The topological polar surface area (TPSA) is 50.6 Å². The van der Waals surface area contributed by atoms with Crippen LogP contribution in [0, 0.1) is 0 Å². The minimum atomic E-state index is -0.448. The number of hydrogen-bond acceptors (Lipinski definition) is 4. The summed E-state index contributed by atoms with van der Waals surface area (Å²) in [7, 11) is 1.91. The Morgan fingerprint density at radius 2 is 2.14 bits per heavy atom. The van der Waals surface area contributed by atoms with E-state index >= 15 is 0 Å². The second-order valence-electron chi connectivity index (χ2n) is 6.84. The second-order valence-corrected chi connectivity index (χ2v) is 7.70. The molecule has 1 saturated heterocycles. The van der Waals surface area contributed by atoms with Gasteiger partial charge in [0.2, 0.25) is 0 Å². The Morgan fingerprint density at radius 1 is 1.45 bits per heavy atom. The maximum Gasteiger partial charge on any atom is 0.410 e. The van der Waals surface area contributed by atoms with Crippen molar-refractivity contribution in [3.63, 3.8) is 0 Å². The molecule has 0 aromatic carbocycles. The summed E-state index contributed by atoms with van der Waals surface area (Å²) >= 11 is 3.54. The van der Waals surface area contributed by atoms with Gasteiger partial charge in [0.1, 0.15) is 5.60 Å². The predicted octanol–water partition coefficient (Wildman–Crippen LogP) is 2.62. The van der Waals surface area contributed by atoms with Crippen LogP contribution in [0.1, 0.15) is 33.4 Å². The Balaban J connectivity index is 1.93. The van der Waals surface area contributed by atoms with Gasteiger partial charge >= 0.3 is 6.09 Å². The van der Waals surface area contributed by atoms with Crippen LogP contribution in [-0.2, 0) is 18.3 Å². The number of aryl methyl sites for hydroxylation is 1. The van der Waals surface area contributed by atoms with Gasteiger partial charge in [-0.2, -0.15) is 5.10 Å². The number of carbonyl (C=O) groups is 1. The molecule has 0 bridgehead atoms. The monoisotopic (exact) mass is 372 g/mol. The van der Waals surface area contributed by atoms with Gasteiger partial charge in [-0.25, -0.2) is 4.79 Å². The zero-order chi connectivity index (χ0) is 16.5. The minimum Gasteiger partial charge on any atom is -0.444 e. The Kier molecular flexibility index (Phi) is 5.17. The van der Waals surface area contributed by atoms with Crippen LogP contribution in [0.5, 0.6) is 0 Å². The van der Waals surface area contributed by atoms with Crippen molar-refractivity contribution in [2.24, 2.45) is 7.05 Å². The van der Waals surface area contributed by atoms with Crippen LogP contribution >= 0.6 is 15.9 Å². The van der Waals surface area contributed by atoms with Crippen molar-refractivity contribution in [1.82, 2.24) is 19.6 Å². The van der Waals surface area contributed by atoms with E-state index in [0.29, 0.717) is 13.1 Å². The molecule has 1 fully saturated rings. The van der Waals surface area contributed by atoms with E-state index in [1.54, 1.807) is 9.58 Å². The molecular weight excluding hydrogens is 348 g/mol. The molecule has 1 aromatic rings. The lowest BCUT2D eigenvalue weighted by atomic mass is 10.2. The molecule has 0 unspecified atom stereocenters. The number of carbonyl (C=O) groups excluding carboxylic acids is 1. The van der Waals surface area contributed by atoms with Gasteiger partial charge in [-0.1, -0.05) is 0 Å². The van der Waals surface area contributed by atoms with Crippen molar-refractivity contribution in [1.29, 1.82) is 0 Å². The standard InChI is InChI=1S/C15H25BrN4O2/c1-11-8-20(14(21)22-15(2,3)4)7-6-19(11)10-13-12(16)9-18(5)17-13/h9,11H,6-8,10H2,1-5H3/t11-/m0/s1. The van der Waals surface area contributed by atoms with E-state index in [-0.39, 0.29) is 12.1 Å². The molecule has 6 nitrogen and oxygen atoms in total. The quantitative estimate of drug-likeness (QED) is 0.800. The van der Waals surface area contributed by atoms with Crippen LogP contribution in [0.15, 0.2) is 10.7 Å². The summed E-state index contributed by atoms with van der Waals surface area (Å²) in [6.45, 7) is 10.8. The first-order valence-electron chi connectivity index (χ1n) is 7.55. The van der Waals surface area contributed by atoms with Crippen LogP contribution in [-0.4, -0.2) is 57.0 Å². The lowest BCUT2D eigenvalue weighted by Gasteiger charge is -2.39. The highest BCUT2D eigenvalue weighted by atomic mass is 79.9. The third-order valence-electron chi connectivity index (χ3n) is 3.62. The Labute approximate surface area is 140 Å². The third kappa shape index (κ3) is 4.46. The van der Waals surface area contributed by atoms with E-state index in [0.717, 1.165) is 23.3 Å². The van der Waals surface area contributed by atoms with E-state index in [1.165, 1.54) is 0 Å². The van der Waals surface area contributed by atoms with Gasteiger partial charge in [0, 0.05) is 45.5 Å². The largest absolute Gasteiger partial charge is 0.444 e. The number of halogens is 1. The van der Waals surface area contributed by atoms with E-state index in [9.17, 15) is 4.79 Å². The summed E-state index contributed by atoms with van der Waals surface area (Å²) < 4.78 is 8.28. The molecule has 124 valence electrons. The average molecular weight is 373 g/mol. The summed E-state index contributed by atoms with van der Waals surface area (Å²) in [5.74, 6) is 0. The molecule has 22 heavy (non-hydrogen) atoms. The third-order valence-corrected chi connectivity index (χ3v) is 4.29. The molecule has 0 aliphatic carbocycles. The average Bonchev–Trinajstić information content (AvgIpc) is 2.68. The molecule has 0 N–H and O–H groups in total. The minimum absolute atomic E-state index is 0.224. The highest BCUT2D eigenvalue weighted by molar-refractivity contribution is 9.10. The van der Waals surface area contributed by atoms with Crippen LogP contribution in [0.3, 0.4) is 0 Å². The zero-order valence-electron chi connectivity index (χ0n) is 14.0. The molecule has 1 aromatic heterocycles. The number of aromatic nitrogens is 2. The van der Waals surface area contributed by atoms with Gasteiger partial charge in [0.15, 0.2) is 0 Å². The first kappa shape index (κ1) is 17.3. The van der Waals surface area contributed by atoms with E-state index < -0.39 is 5.60 Å². The molecule has 0 spiro atoms. The Bertz CT molecular complexity index is 538. The van der Waals surface area contributed by atoms with Crippen molar-refractivity contribution < 1.29 is 9.53 Å². The summed E-state index contributed by atoms with van der Waals surface area (Å²) in [6, 6.07) is 0.273. The molecule has 2 heterocycles. The maximum atomic E-state index is 12.1. The molecule has 0 radical (unpaired) electrons. The number of rotatable bonds is 2. The van der Waals surface area contributed by atoms with E-state index in [1.807, 2.05) is 34.0 Å².